The van der Waals surface area contributed by atoms with Crippen LogP contribution in [0.1, 0.15) is 26.2 Å². The van der Waals surface area contributed by atoms with Gasteiger partial charge < -0.3 is 4.74 Å². The summed E-state index contributed by atoms with van der Waals surface area (Å²) in [6.45, 7) is 1.82. The molecule has 0 aromatic heterocycles. The molecule has 1 saturated carbocycles. The molecule has 3 heteroatoms. The van der Waals surface area contributed by atoms with Gasteiger partial charge in [-0.25, -0.2) is 0 Å². The van der Waals surface area contributed by atoms with Gasteiger partial charge >= 0.3 is 5.97 Å². The first-order valence-electron chi connectivity index (χ1n) is 5.20. The average molecular weight is 222 g/mol. The van der Waals surface area contributed by atoms with Crippen molar-refractivity contribution in [2.45, 2.75) is 36.0 Å². The smallest absolute Gasteiger partial charge is 0.306 e. The maximum Gasteiger partial charge on any atom is 0.306 e. The van der Waals surface area contributed by atoms with Crippen molar-refractivity contribution in [1.29, 1.82) is 0 Å². The molecule has 0 saturated heterocycles. The summed E-state index contributed by atoms with van der Waals surface area (Å²) in [5.74, 6) is -0.101. The number of carbonyl (C=O) groups excluding carboxylic acids is 1. The second-order valence-corrected chi connectivity index (χ2v) is 5.07. The lowest BCUT2D eigenvalue weighted by molar-refractivity contribution is -0.146. The Bertz CT molecular complexity index is 344. The molecule has 80 valence electrons. The van der Waals surface area contributed by atoms with Crippen molar-refractivity contribution in [3.8, 4) is 0 Å². The summed E-state index contributed by atoms with van der Waals surface area (Å²) in [5, 5.41) is 0. The molecule has 2 nitrogen and oxygen atoms in total. The van der Waals surface area contributed by atoms with E-state index >= 15 is 0 Å². The van der Waals surface area contributed by atoms with Gasteiger partial charge in [0, 0.05) is 24.2 Å². The topological polar surface area (TPSA) is 26.3 Å². The zero-order valence-electron chi connectivity index (χ0n) is 8.73. The first-order valence-corrected chi connectivity index (χ1v) is 6.02. The highest BCUT2D eigenvalue weighted by molar-refractivity contribution is 8.00. The fraction of sp³-hybridized carbons (Fsp3) is 0.417. The number of benzene rings is 1. The van der Waals surface area contributed by atoms with Crippen LogP contribution < -0.4 is 0 Å². The normalized spacial score (nSPS) is 17.1. The molecule has 1 fully saturated rings. The Balaban J connectivity index is 1.97. The van der Waals surface area contributed by atoms with Crippen molar-refractivity contribution in [2.24, 2.45) is 0 Å². The minimum Gasteiger partial charge on any atom is -0.448 e. The van der Waals surface area contributed by atoms with Gasteiger partial charge in [-0.1, -0.05) is 36.9 Å². The number of ether oxygens (including phenoxy) is 1. The van der Waals surface area contributed by atoms with Crippen LogP contribution in [0.25, 0.3) is 0 Å². The second-order valence-electron chi connectivity index (χ2n) is 3.65. The van der Waals surface area contributed by atoms with Gasteiger partial charge in [0.2, 0.25) is 0 Å². The maximum atomic E-state index is 11.2. The van der Waals surface area contributed by atoms with Gasteiger partial charge in [-0.3, -0.25) is 4.79 Å². The molecule has 0 radical (unpaired) electrons. The van der Waals surface area contributed by atoms with E-state index in [4.69, 9.17) is 4.74 Å². The van der Waals surface area contributed by atoms with E-state index in [9.17, 15) is 4.79 Å². The Morgan fingerprint density at radius 1 is 1.40 bits per heavy atom. The van der Waals surface area contributed by atoms with E-state index in [0.29, 0.717) is 6.42 Å². The molecule has 1 aromatic carbocycles. The predicted octanol–water partition coefficient (Wildman–Crippen LogP) is 3.22. The van der Waals surface area contributed by atoms with E-state index < -0.39 is 0 Å². The highest BCUT2D eigenvalue weighted by Crippen LogP contribution is 2.52. The zero-order chi connectivity index (χ0) is 10.7. The number of rotatable bonds is 4. The molecule has 15 heavy (non-hydrogen) atoms. The summed E-state index contributed by atoms with van der Waals surface area (Å²) in [5.41, 5.74) is 0. The Morgan fingerprint density at radius 2 is 2.07 bits per heavy atom. The molecule has 0 heterocycles. The minimum atomic E-state index is -0.256. The molecular weight excluding hydrogens is 208 g/mol. The molecule has 0 aliphatic heterocycles. The van der Waals surface area contributed by atoms with Crippen molar-refractivity contribution in [3.05, 3.63) is 30.3 Å². The van der Waals surface area contributed by atoms with Gasteiger partial charge in [0.25, 0.3) is 0 Å². The molecule has 0 spiro atoms. The zero-order valence-corrected chi connectivity index (χ0v) is 9.55. The van der Waals surface area contributed by atoms with Crippen LogP contribution in [0.4, 0.5) is 0 Å². The van der Waals surface area contributed by atoms with Crippen molar-refractivity contribution in [1.82, 2.24) is 0 Å². The summed E-state index contributed by atoms with van der Waals surface area (Å²) in [7, 11) is 0. The Kier molecular flexibility index (Phi) is 3.00. The highest BCUT2D eigenvalue weighted by Gasteiger charge is 2.47. The molecule has 0 bridgehead atoms. The van der Waals surface area contributed by atoms with Crippen LogP contribution in [-0.4, -0.2) is 10.9 Å². The predicted molar refractivity (Wildman–Crippen MR) is 60.6 cm³/mol. The average Bonchev–Trinajstić information content (AvgIpc) is 2.99. The number of thioether (sulfide) groups is 1. The molecule has 1 aliphatic carbocycles. The lowest BCUT2D eigenvalue weighted by atomic mass is 10.4. The van der Waals surface area contributed by atoms with Crippen LogP contribution in [0.2, 0.25) is 0 Å². The molecule has 1 aliphatic rings. The van der Waals surface area contributed by atoms with Crippen LogP contribution >= 0.6 is 11.8 Å². The fourth-order valence-corrected chi connectivity index (χ4v) is 2.47. The van der Waals surface area contributed by atoms with Crippen LogP contribution in [-0.2, 0) is 9.53 Å². The van der Waals surface area contributed by atoms with Crippen LogP contribution in [0.3, 0.4) is 0 Å². The lowest BCUT2D eigenvalue weighted by Crippen LogP contribution is -2.14. The number of carbonyl (C=O) groups is 1. The van der Waals surface area contributed by atoms with E-state index in [-0.39, 0.29) is 10.9 Å². The monoisotopic (exact) mass is 222 g/mol. The summed E-state index contributed by atoms with van der Waals surface area (Å²) in [6, 6.07) is 10.1. The van der Waals surface area contributed by atoms with E-state index in [1.54, 1.807) is 11.8 Å². The third-order valence-electron chi connectivity index (χ3n) is 2.29. The quantitative estimate of drug-likeness (QED) is 0.578. The molecular formula is C12H14O2S. The molecule has 2 rings (SSSR count). The van der Waals surface area contributed by atoms with Gasteiger partial charge in [-0.2, -0.15) is 0 Å². The Hall–Kier alpha value is -0.960. The third kappa shape index (κ3) is 2.75. The second kappa shape index (κ2) is 4.27. The van der Waals surface area contributed by atoms with Crippen LogP contribution in [0, 0.1) is 0 Å². The standard InChI is InChI=1S/C12H14O2S/c1-2-11(13)14-12(8-9-12)15-10-6-4-3-5-7-10/h3-7H,2,8-9H2,1H3. The van der Waals surface area contributed by atoms with E-state index in [1.165, 1.54) is 4.90 Å². The first kappa shape index (κ1) is 10.6. The third-order valence-corrected chi connectivity index (χ3v) is 3.67. The largest absolute Gasteiger partial charge is 0.448 e. The molecule has 0 amide bonds. The minimum absolute atomic E-state index is 0.101. The van der Waals surface area contributed by atoms with Crippen LogP contribution in [0.5, 0.6) is 0 Å². The van der Waals surface area contributed by atoms with Gasteiger partial charge in [0.15, 0.2) is 4.93 Å². The molecule has 0 unspecified atom stereocenters. The van der Waals surface area contributed by atoms with Crippen LogP contribution in [0.15, 0.2) is 35.2 Å². The SMILES string of the molecule is CCC(=O)OC1(Sc2ccccc2)CC1. The molecule has 0 atom stereocenters. The van der Waals surface area contributed by atoms with Gasteiger partial charge in [-0.15, -0.1) is 0 Å². The molecule has 1 aromatic rings. The number of esters is 1. The van der Waals surface area contributed by atoms with Crippen molar-refractivity contribution in [3.63, 3.8) is 0 Å². The van der Waals surface area contributed by atoms with Crippen molar-refractivity contribution in [2.75, 3.05) is 0 Å². The number of hydrogen-bond donors (Lipinski definition) is 0. The van der Waals surface area contributed by atoms with Crippen molar-refractivity contribution < 1.29 is 9.53 Å². The fourth-order valence-electron chi connectivity index (χ4n) is 1.31. The Morgan fingerprint density at radius 3 is 2.60 bits per heavy atom. The Labute approximate surface area is 94.0 Å². The van der Waals surface area contributed by atoms with E-state index in [1.807, 2.05) is 37.3 Å². The van der Waals surface area contributed by atoms with Gasteiger partial charge in [-0.05, 0) is 12.1 Å². The van der Waals surface area contributed by atoms with Gasteiger partial charge in [0.05, 0.1) is 0 Å². The summed E-state index contributed by atoms with van der Waals surface area (Å²) in [6.07, 6.45) is 2.40. The first-order chi connectivity index (χ1) is 7.24. The highest BCUT2D eigenvalue weighted by atomic mass is 32.2. The molecule has 0 N–H and O–H groups in total. The summed E-state index contributed by atoms with van der Waals surface area (Å²) < 4.78 is 5.43. The van der Waals surface area contributed by atoms with E-state index in [0.717, 1.165) is 12.8 Å². The lowest BCUT2D eigenvalue weighted by Gasteiger charge is -2.15. The summed E-state index contributed by atoms with van der Waals surface area (Å²) in [4.78, 5) is 12.1. The van der Waals surface area contributed by atoms with Crippen molar-refractivity contribution >= 4 is 17.7 Å². The number of hydrogen-bond acceptors (Lipinski definition) is 3. The van der Waals surface area contributed by atoms with E-state index in [2.05, 4.69) is 0 Å². The maximum absolute atomic E-state index is 11.2. The summed E-state index contributed by atoms with van der Waals surface area (Å²) >= 11 is 1.66. The van der Waals surface area contributed by atoms with Gasteiger partial charge in [0.1, 0.15) is 0 Å².